The van der Waals surface area contributed by atoms with Crippen LogP contribution in [0.15, 0.2) is 12.7 Å². The van der Waals surface area contributed by atoms with Crippen molar-refractivity contribution in [3.63, 3.8) is 0 Å². The standard InChI is InChI=1S/C15H25N5O2/c1-13(15(21)18-5-7-22-8-6-18)19-4-2-3-14(9-19)10-20-12-16-11-17-20/h11-14H,2-10H2,1H3/t13-,14+/m1/s1. The monoisotopic (exact) mass is 307 g/mol. The molecule has 0 N–H and O–H groups in total. The second kappa shape index (κ2) is 7.19. The van der Waals surface area contributed by atoms with Gasteiger partial charge in [0.15, 0.2) is 0 Å². The van der Waals surface area contributed by atoms with E-state index in [4.69, 9.17) is 4.74 Å². The van der Waals surface area contributed by atoms with Crippen molar-refractivity contribution in [1.82, 2.24) is 24.6 Å². The predicted octanol–water partition coefficient (Wildman–Crippen LogP) is 0.237. The van der Waals surface area contributed by atoms with E-state index in [0.717, 1.165) is 39.1 Å². The quantitative estimate of drug-likeness (QED) is 0.797. The Morgan fingerprint density at radius 2 is 2.18 bits per heavy atom. The summed E-state index contributed by atoms with van der Waals surface area (Å²) in [6.45, 7) is 7.65. The first-order valence-corrected chi connectivity index (χ1v) is 8.17. The van der Waals surface area contributed by atoms with Crippen molar-refractivity contribution < 1.29 is 9.53 Å². The fraction of sp³-hybridized carbons (Fsp3) is 0.800. The van der Waals surface area contributed by atoms with E-state index in [1.54, 1.807) is 12.7 Å². The number of hydrogen-bond donors (Lipinski definition) is 0. The zero-order chi connectivity index (χ0) is 15.4. The molecule has 0 bridgehead atoms. The van der Waals surface area contributed by atoms with E-state index in [9.17, 15) is 4.79 Å². The fourth-order valence-electron chi connectivity index (χ4n) is 3.39. The minimum Gasteiger partial charge on any atom is -0.378 e. The summed E-state index contributed by atoms with van der Waals surface area (Å²) < 4.78 is 7.22. The predicted molar refractivity (Wildman–Crippen MR) is 81.2 cm³/mol. The number of morpholine rings is 1. The topological polar surface area (TPSA) is 63.5 Å². The highest BCUT2D eigenvalue weighted by atomic mass is 16.5. The number of amides is 1. The molecule has 0 aliphatic carbocycles. The summed E-state index contributed by atoms with van der Waals surface area (Å²) in [4.78, 5) is 20.9. The molecule has 1 aromatic heterocycles. The first-order valence-electron chi connectivity index (χ1n) is 8.17. The molecule has 0 spiro atoms. The molecule has 0 saturated carbocycles. The zero-order valence-electron chi connectivity index (χ0n) is 13.2. The molecule has 0 radical (unpaired) electrons. The van der Waals surface area contributed by atoms with Crippen molar-refractivity contribution in [1.29, 1.82) is 0 Å². The first-order chi connectivity index (χ1) is 10.7. The molecule has 2 fully saturated rings. The molecule has 0 unspecified atom stereocenters. The summed E-state index contributed by atoms with van der Waals surface area (Å²) in [6.07, 6.45) is 5.67. The molecule has 2 saturated heterocycles. The Labute approximate surface area is 131 Å². The van der Waals surface area contributed by atoms with Crippen molar-refractivity contribution in [3.05, 3.63) is 12.7 Å². The van der Waals surface area contributed by atoms with E-state index in [0.29, 0.717) is 19.1 Å². The van der Waals surface area contributed by atoms with Gasteiger partial charge in [0, 0.05) is 26.2 Å². The second-order valence-corrected chi connectivity index (χ2v) is 6.23. The van der Waals surface area contributed by atoms with Gasteiger partial charge in [-0.1, -0.05) is 0 Å². The van der Waals surface area contributed by atoms with Crippen LogP contribution in [-0.2, 0) is 16.1 Å². The van der Waals surface area contributed by atoms with Gasteiger partial charge in [-0.3, -0.25) is 14.4 Å². The fourth-order valence-corrected chi connectivity index (χ4v) is 3.39. The number of aromatic nitrogens is 3. The van der Waals surface area contributed by atoms with Crippen molar-refractivity contribution in [2.45, 2.75) is 32.4 Å². The van der Waals surface area contributed by atoms with E-state index < -0.39 is 0 Å². The van der Waals surface area contributed by atoms with Crippen LogP contribution < -0.4 is 0 Å². The summed E-state index contributed by atoms with van der Waals surface area (Å²) in [6, 6.07) is -0.0448. The van der Waals surface area contributed by atoms with Gasteiger partial charge >= 0.3 is 0 Å². The Morgan fingerprint density at radius 1 is 1.36 bits per heavy atom. The Kier molecular flexibility index (Phi) is 5.04. The summed E-state index contributed by atoms with van der Waals surface area (Å²) in [7, 11) is 0. The van der Waals surface area contributed by atoms with E-state index in [-0.39, 0.29) is 11.9 Å². The van der Waals surface area contributed by atoms with Crippen LogP contribution in [0.25, 0.3) is 0 Å². The lowest BCUT2D eigenvalue weighted by atomic mass is 9.96. The maximum Gasteiger partial charge on any atom is 0.239 e. The minimum atomic E-state index is -0.0448. The Morgan fingerprint density at radius 3 is 2.91 bits per heavy atom. The third-order valence-corrected chi connectivity index (χ3v) is 4.69. The van der Waals surface area contributed by atoms with Gasteiger partial charge in [0.2, 0.25) is 5.91 Å². The molecule has 7 heteroatoms. The molecule has 7 nitrogen and oxygen atoms in total. The number of carbonyl (C=O) groups excluding carboxylic acids is 1. The van der Waals surface area contributed by atoms with Crippen LogP contribution in [0.5, 0.6) is 0 Å². The van der Waals surface area contributed by atoms with Crippen molar-refractivity contribution >= 4 is 5.91 Å². The van der Waals surface area contributed by atoms with Crippen molar-refractivity contribution in [2.75, 3.05) is 39.4 Å². The van der Waals surface area contributed by atoms with Gasteiger partial charge in [-0.25, -0.2) is 4.98 Å². The average molecular weight is 307 g/mol. The molecule has 1 aromatic rings. The molecule has 3 heterocycles. The third-order valence-electron chi connectivity index (χ3n) is 4.69. The van der Waals surface area contributed by atoms with Crippen LogP contribution in [0.1, 0.15) is 19.8 Å². The highest BCUT2D eigenvalue weighted by molar-refractivity contribution is 5.81. The van der Waals surface area contributed by atoms with Crippen LogP contribution in [0.2, 0.25) is 0 Å². The Balaban J connectivity index is 1.55. The maximum atomic E-state index is 12.6. The average Bonchev–Trinajstić information content (AvgIpc) is 3.07. The van der Waals surface area contributed by atoms with Crippen LogP contribution in [0, 0.1) is 5.92 Å². The van der Waals surface area contributed by atoms with Gasteiger partial charge in [0.1, 0.15) is 12.7 Å². The number of carbonyl (C=O) groups is 1. The second-order valence-electron chi connectivity index (χ2n) is 6.23. The number of likely N-dealkylation sites (tertiary alicyclic amines) is 1. The molecule has 22 heavy (non-hydrogen) atoms. The summed E-state index contributed by atoms with van der Waals surface area (Å²) in [5, 5.41) is 4.19. The van der Waals surface area contributed by atoms with Gasteiger partial charge in [0.05, 0.1) is 19.3 Å². The smallest absolute Gasteiger partial charge is 0.239 e. The Hall–Kier alpha value is -1.47. The van der Waals surface area contributed by atoms with E-state index >= 15 is 0 Å². The minimum absolute atomic E-state index is 0.0448. The third kappa shape index (κ3) is 3.64. The maximum absolute atomic E-state index is 12.6. The van der Waals surface area contributed by atoms with Gasteiger partial charge in [-0.05, 0) is 32.2 Å². The normalized spacial score (nSPS) is 25.1. The highest BCUT2D eigenvalue weighted by Gasteiger charge is 2.30. The molecule has 122 valence electrons. The van der Waals surface area contributed by atoms with Gasteiger partial charge in [-0.2, -0.15) is 5.10 Å². The van der Waals surface area contributed by atoms with Crippen LogP contribution in [0.3, 0.4) is 0 Å². The Bertz CT molecular complexity index is 472. The zero-order valence-corrected chi connectivity index (χ0v) is 13.2. The SMILES string of the molecule is C[C@H](C(=O)N1CCOCC1)N1CCC[C@H](Cn2cncn2)C1. The molecule has 0 aromatic carbocycles. The lowest BCUT2D eigenvalue weighted by Crippen LogP contribution is -2.53. The molecular formula is C15H25N5O2. The van der Waals surface area contributed by atoms with Crippen molar-refractivity contribution in [2.24, 2.45) is 5.92 Å². The van der Waals surface area contributed by atoms with Crippen LogP contribution in [0.4, 0.5) is 0 Å². The number of piperidine rings is 1. The lowest BCUT2D eigenvalue weighted by Gasteiger charge is -2.38. The first kappa shape index (κ1) is 15.4. The van der Waals surface area contributed by atoms with E-state index in [1.165, 1.54) is 6.42 Å². The molecule has 2 aliphatic heterocycles. The van der Waals surface area contributed by atoms with Crippen molar-refractivity contribution in [3.8, 4) is 0 Å². The van der Waals surface area contributed by atoms with Gasteiger partial charge in [0.25, 0.3) is 0 Å². The van der Waals surface area contributed by atoms with Crippen LogP contribution >= 0.6 is 0 Å². The summed E-state index contributed by atoms with van der Waals surface area (Å²) >= 11 is 0. The highest BCUT2D eigenvalue weighted by Crippen LogP contribution is 2.20. The molecule has 3 rings (SSSR count). The summed E-state index contributed by atoms with van der Waals surface area (Å²) in [5.74, 6) is 0.778. The number of rotatable bonds is 4. The number of ether oxygens (including phenoxy) is 1. The van der Waals surface area contributed by atoms with Gasteiger partial charge in [-0.15, -0.1) is 0 Å². The molecule has 1 amide bonds. The molecular weight excluding hydrogens is 282 g/mol. The molecule has 2 atom stereocenters. The number of hydrogen-bond acceptors (Lipinski definition) is 5. The van der Waals surface area contributed by atoms with Crippen LogP contribution in [-0.4, -0.2) is 75.9 Å². The summed E-state index contributed by atoms with van der Waals surface area (Å²) in [5.41, 5.74) is 0. The van der Waals surface area contributed by atoms with E-state index in [2.05, 4.69) is 15.0 Å². The van der Waals surface area contributed by atoms with E-state index in [1.807, 2.05) is 16.5 Å². The lowest BCUT2D eigenvalue weighted by molar-refractivity contribution is -0.141. The molecule has 2 aliphatic rings. The van der Waals surface area contributed by atoms with Gasteiger partial charge < -0.3 is 9.64 Å². The largest absolute Gasteiger partial charge is 0.378 e. The number of nitrogens with zero attached hydrogens (tertiary/aromatic N) is 5.